The molecule has 1 N–H and O–H groups in total. The Hall–Kier alpha value is -2.36. The van der Waals surface area contributed by atoms with Gasteiger partial charge in [0.05, 0.1) is 30.4 Å². The zero-order valence-electron chi connectivity index (χ0n) is 16.7. The Morgan fingerprint density at radius 1 is 1.33 bits per heavy atom. The molecule has 1 amide bonds. The number of nitrogens with zero attached hydrogens (tertiary/aromatic N) is 3. The number of thioether (sulfide) groups is 1. The summed E-state index contributed by atoms with van der Waals surface area (Å²) in [6, 6.07) is 11.7. The molecule has 3 heterocycles. The van der Waals surface area contributed by atoms with Crippen molar-refractivity contribution in [3.8, 4) is 16.5 Å². The van der Waals surface area contributed by atoms with Gasteiger partial charge in [-0.2, -0.15) is 0 Å². The topological polar surface area (TPSA) is 78.3 Å². The van der Waals surface area contributed by atoms with E-state index >= 15 is 0 Å². The van der Waals surface area contributed by atoms with Crippen molar-refractivity contribution in [3.63, 3.8) is 0 Å². The first-order chi connectivity index (χ1) is 14.7. The molecule has 1 aromatic carbocycles. The van der Waals surface area contributed by atoms with Crippen molar-refractivity contribution >= 4 is 29.0 Å². The summed E-state index contributed by atoms with van der Waals surface area (Å²) in [6.45, 7) is 1.92. The molecular weight excluding hydrogens is 420 g/mol. The normalized spacial score (nSPS) is 16.0. The van der Waals surface area contributed by atoms with Crippen LogP contribution in [0.2, 0.25) is 0 Å². The van der Waals surface area contributed by atoms with Gasteiger partial charge in [-0.15, -0.1) is 21.5 Å². The Morgan fingerprint density at radius 2 is 2.23 bits per heavy atom. The maximum atomic E-state index is 12.4. The van der Waals surface area contributed by atoms with Crippen LogP contribution in [0, 0.1) is 0 Å². The molecular formula is C21H24N4O3S2. The van der Waals surface area contributed by atoms with Crippen molar-refractivity contribution in [1.82, 2.24) is 20.1 Å². The lowest BCUT2D eigenvalue weighted by atomic mass is 10.2. The van der Waals surface area contributed by atoms with Gasteiger partial charge < -0.3 is 14.8 Å². The van der Waals surface area contributed by atoms with E-state index < -0.39 is 0 Å². The molecule has 7 nitrogen and oxygen atoms in total. The highest BCUT2D eigenvalue weighted by Gasteiger charge is 2.22. The average molecular weight is 445 g/mol. The Morgan fingerprint density at radius 3 is 3.00 bits per heavy atom. The van der Waals surface area contributed by atoms with Crippen molar-refractivity contribution in [3.05, 3.63) is 47.3 Å². The second kappa shape index (κ2) is 10.1. The van der Waals surface area contributed by atoms with Crippen molar-refractivity contribution < 1.29 is 14.3 Å². The lowest BCUT2D eigenvalue weighted by Gasteiger charge is -2.14. The number of carbonyl (C=O) groups is 1. The van der Waals surface area contributed by atoms with Gasteiger partial charge in [-0.1, -0.05) is 36.0 Å². The van der Waals surface area contributed by atoms with Gasteiger partial charge in [-0.05, 0) is 30.4 Å². The fourth-order valence-corrected chi connectivity index (χ4v) is 4.86. The highest BCUT2D eigenvalue weighted by Crippen LogP contribution is 2.29. The van der Waals surface area contributed by atoms with Crippen molar-refractivity contribution in [2.24, 2.45) is 0 Å². The number of hydrogen-bond donors (Lipinski definition) is 1. The summed E-state index contributed by atoms with van der Waals surface area (Å²) in [5.41, 5.74) is 0.944. The largest absolute Gasteiger partial charge is 0.496 e. The van der Waals surface area contributed by atoms with Gasteiger partial charge in [0, 0.05) is 18.7 Å². The standard InChI is InChI=1S/C21H24N4O3S2/c1-27-17-8-3-2-6-15(17)12-22-19(26)14-30-21-24-23-20(18-9-5-11-29-18)25(21)13-16-7-4-10-28-16/h2-3,5-6,8-9,11,16H,4,7,10,12-14H2,1H3,(H,22,26). The summed E-state index contributed by atoms with van der Waals surface area (Å²) < 4.78 is 13.2. The van der Waals surface area contributed by atoms with Crippen molar-refractivity contribution in [2.45, 2.75) is 37.2 Å². The molecule has 158 valence electrons. The summed E-state index contributed by atoms with van der Waals surface area (Å²) in [5, 5.41) is 14.5. The molecule has 0 aliphatic carbocycles. The predicted molar refractivity (Wildman–Crippen MR) is 118 cm³/mol. The maximum Gasteiger partial charge on any atom is 0.230 e. The van der Waals surface area contributed by atoms with Gasteiger partial charge in [0.15, 0.2) is 11.0 Å². The number of amides is 1. The molecule has 9 heteroatoms. The molecule has 30 heavy (non-hydrogen) atoms. The van der Waals surface area contributed by atoms with E-state index in [1.807, 2.05) is 41.8 Å². The Labute approximate surface area is 183 Å². The van der Waals surface area contributed by atoms with E-state index in [2.05, 4.69) is 20.1 Å². The number of thiophene rings is 1. The quantitative estimate of drug-likeness (QED) is 0.508. The first kappa shape index (κ1) is 20.9. The summed E-state index contributed by atoms with van der Waals surface area (Å²) in [7, 11) is 1.63. The monoisotopic (exact) mass is 444 g/mol. The number of para-hydroxylation sites is 1. The zero-order valence-corrected chi connectivity index (χ0v) is 18.4. The first-order valence-electron chi connectivity index (χ1n) is 9.84. The van der Waals surface area contributed by atoms with Gasteiger partial charge in [0.2, 0.25) is 5.91 Å². The van der Waals surface area contributed by atoms with Crippen LogP contribution in [0.25, 0.3) is 10.7 Å². The first-order valence-corrected chi connectivity index (χ1v) is 11.7. The molecule has 1 fully saturated rings. The molecule has 3 aromatic rings. The summed E-state index contributed by atoms with van der Waals surface area (Å²) in [4.78, 5) is 13.5. The fourth-order valence-electron chi connectivity index (χ4n) is 3.36. The van der Waals surface area contributed by atoms with Gasteiger partial charge in [0.25, 0.3) is 0 Å². The number of carbonyl (C=O) groups excluding carboxylic acids is 1. The minimum atomic E-state index is -0.0600. The molecule has 1 aliphatic rings. The third kappa shape index (κ3) is 5.03. The second-order valence-electron chi connectivity index (χ2n) is 6.91. The van der Waals surface area contributed by atoms with Crippen LogP contribution in [0.3, 0.4) is 0 Å². The number of hydrogen-bond acceptors (Lipinski definition) is 7. The number of benzene rings is 1. The van der Waals surface area contributed by atoms with E-state index in [9.17, 15) is 4.79 Å². The lowest BCUT2D eigenvalue weighted by molar-refractivity contribution is -0.118. The lowest BCUT2D eigenvalue weighted by Crippen LogP contribution is -2.25. The number of methoxy groups -OCH3 is 1. The molecule has 1 saturated heterocycles. The Bertz CT molecular complexity index is 969. The van der Waals surface area contributed by atoms with Crippen LogP contribution >= 0.6 is 23.1 Å². The van der Waals surface area contributed by atoms with E-state index in [4.69, 9.17) is 9.47 Å². The third-order valence-electron chi connectivity index (χ3n) is 4.87. The second-order valence-corrected chi connectivity index (χ2v) is 8.80. The van der Waals surface area contributed by atoms with Gasteiger partial charge >= 0.3 is 0 Å². The zero-order chi connectivity index (χ0) is 20.8. The van der Waals surface area contributed by atoms with Crippen LogP contribution in [0.4, 0.5) is 0 Å². The molecule has 1 unspecified atom stereocenters. The van der Waals surface area contributed by atoms with Gasteiger partial charge in [-0.25, -0.2) is 0 Å². The van der Waals surface area contributed by atoms with Crippen LogP contribution in [-0.4, -0.2) is 46.2 Å². The fraction of sp³-hybridized carbons (Fsp3) is 0.381. The van der Waals surface area contributed by atoms with E-state index in [1.54, 1.807) is 18.4 Å². The molecule has 0 bridgehead atoms. The van der Waals surface area contributed by atoms with Crippen LogP contribution in [-0.2, 0) is 22.6 Å². The minimum Gasteiger partial charge on any atom is -0.496 e. The molecule has 1 atom stereocenters. The third-order valence-corrected chi connectivity index (χ3v) is 6.70. The average Bonchev–Trinajstić information content (AvgIpc) is 3.53. The van der Waals surface area contributed by atoms with E-state index in [0.29, 0.717) is 13.1 Å². The van der Waals surface area contributed by atoms with Gasteiger partial charge in [-0.3, -0.25) is 9.36 Å². The van der Waals surface area contributed by atoms with E-state index in [0.717, 1.165) is 46.6 Å². The van der Waals surface area contributed by atoms with Crippen LogP contribution in [0.1, 0.15) is 18.4 Å². The number of aromatic nitrogens is 3. The SMILES string of the molecule is COc1ccccc1CNC(=O)CSc1nnc(-c2cccs2)n1CC1CCCO1. The van der Waals surface area contributed by atoms with E-state index in [1.165, 1.54) is 11.8 Å². The summed E-state index contributed by atoms with van der Waals surface area (Å²) in [6.07, 6.45) is 2.28. The molecule has 0 saturated carbocycles. The number of nitrogens with one attached hydrogen (secondary N) is 1. The molecule has 4 rings (SSSR count). The number of rotatable bonds is 9. The number of ether oxygens (including phenoxy) is 2. The smallest absolute Gasteiger partial charge is 0.230 e. The minimum absolute atomic E-state index is 0.0600. The Kier molecular flexibility index (Phi) is 7.03. The summed E-state index contributed by atoms with van der Waals surface area (Å²) in [5.74, 6) is 1.80. The van der Waals surface area contributed by atoms with E-state index in [-0.39, 0.29) is 17.8 Å². The molecule has 0 radical (unpaired) electrons. The van der Waals surface area contributed by atoms with Crippen LogP contribution in [0.15, 0.2) is 46.9 Å². The highest BCUT2D eigenvalue weighted by molar-refractivity contribution is 7.99. The maximum absolute atomic E-state index is 12.4. The molecule has 0 spiro atoms. The van der Waals surface area contributed by atoms with Gasteiger partial charge in [0.1, 0.15) is 5.75 Å². The van der Waals surface area contributed by atoms with Crippen LogP contribution < -0.4 is 10.1 Å². The highest BCUT2D eigenvalue weighted by atomic mass is 32.2. The van der Waals surface area contributed by atoms with Crippen molar-refractivity contribution in [2.75, 3.05) is 19.5 Å². The molecule has 1 aliphatic heterocycles. The van der Waals surface area contributed by atoms with Crippen LogP contribution in [0.5, 0.6) is 5.75 Å². The summed E-state index contributed by atoms with van der Waals surface area (Å²) >= 11 is 3.03. The Balaban J connectivity index is 1.40. The van der Waals surface area contributed by atoms with Crippen molar-refractivity contribution in [1.29, 1.82) is 0 Å². The predicted octanol–water partition coefficient (Wildman–Crippen LogP) is 3.60. The molecule has 2 aromatic heterocycles.